The highest BCUT2D eigenvalue weighted by Gasteiger charge is 2.09. The number of aliphatic hydroxyl groups is 1. The summed E-state index contributed by atoms with van der Waals surface area (Å²) >= 11 is 0. The normalized spacial score (nSPS) is 10.2. The van der Waals surface area contributed by atoms with Crippen LogP contribution in [0.15, 0.2) is 18.5 Å². The van der Waals surface area contributed by atoms with Crippen molar-refractivity contribution in [1.29, 1.82) is 0 Å². The summed E-state index contributed by atoms with van der Waals surface area (Å²) in [4.78, 5) is 15.3. The molecule has 0 aliphatic carbocycles. The summed E-state index contributed by atoms with van der Waals surface area (Å²) in [6.45, 7) is 1.23. The minimum atomic E-state index is -0.341. The van der Waals surface area contributed by atoms with Crippen LogP contribution in [-0.2, 0) is 4.74 Å². The average Bonchev–Trinajstić information content (AvgIpc) is 2.34. The van der Waals surface area contributed by atoms with Crippen molar-refractivity contribution in [2.75, 3.05) is 26.4 Å². The molecule has 0 spiro atoms. The van der Waals surface area contributed by atoms with E-state index in [2.05, 4.69) is 10.3 Å². The van der Waals surface area contributed by atoms with Gasteiger partial charge in [-0.05, 0) is 12.5 Å². The monoisotopic (exact) mass is 240 g/mol. The fraction of sp³-hybridized carbons (Fsp3) is 0.455. The van der Waals surface area contributed by atoms with E-state index >= 15 is 0 Å². The Bertz CT molecular complexity index is 357. The molecule has 6 heteroatoms. The van der Waals surface area contributed by atoms with E-state index < -0.39 is 0 Å². The summed E-state index contributed by atoms with van der Waals surface area (Å²) in [6, 6.07) is 1.45. The molecule has 0 unspecified atom stereocenters. The second-order valence-corrected chi connectivity index (χ2v) is 3.34. The van der Waals surface area contributed by atoms with Crippen LogP contribution >= 0.6 is 0 Å². The third kappa shape index (κ3) is 4.80. The maximum Gasteiger partial charge on any atom is 0.255 e. The number of pyridine rings is 1. The zero-order chi connectivity index (χ0) is 12.5. The number of aliphatic hydroxyl groups excluding tert-OH is 1. The third-order valence-electron chi connectivity index (χ3n) is 2.03. The van der Waals surface area contributed by atoms with Crippen LogP contribution in [0.5, 0.6) is 5.75 Å². The molecule has 3 N–H and O–H groups in total. The fourth-order valence-corrected chi connectivity index (χ4v) is 1.22. The summed E-state index contributed by atoms with van der Waals surface area (Å²) in [5.41, 5.74) is 0.205. The Hall–Kier alpha value is -1.66. The number of ether oxygens (including phenoxy) is 1. The second-order valence-electron chi connectivity index (χ2n) is 3.34. The first kappa shape index (κ1) is 13.4. The van der Waals surface area contributed by atoms with Gasteiger partial charge < -0.3 is 20.3 Å². The van der Waals surface area contributed by atoms with Crippen LogP contribution < -0.4 is 5.32 Å². The first-order valence-corrected chi connectivity index (χ1v) is 5.35. The van der Waals surface area contributed by atoms with E-state index in [0.717, 1.165) is 0 Å². The molecule has 0 saturated carbocycles. The molecule has 0 radical (unpaired) electrons. The maximum absolute atomic E-state index is 11.6. The van der Waals surface area contributed by atoms with Crippen molar-refractivity contribution in [3.05, 3.63) is 24.0 Å². The molecule has 6 nitrogen and oxygen atoms in total. The van der Waals surface area contributed by atoms with Crippen molar-refractivity contribution in [1.82, 2.24) is 10.3 Å². The Morgan fingerprint density at radius 2 is 2.29 bits per heavy atom. The Morgan fingerprint density at radius 3 is 3.00 bits per heavy atom. The molecular weight excluding hydrogens is 224 g/mol. The first-order chi connectivity index (χ1) is 8.25. The number of aromatic nitrogens is 1. The zero-order valence-electron chi connectivity index (χ0n) is 9.43. The van der Waals surface area contributed by atoms with Crippen LogP contribution in [0.1, 0.15) is 16.8 Å². The first-order valence-electron chi connectivity index (χ1n) is 5.35. The van der Waals surface area contributed by atoms with Crippen molar-refractivity contribution < 1.29 is 19.7 Å². The van der Waals surface area contributed by atoms with Gasteiger partial charge in [0.2, 0.25) is 0 Å². The molecule has 1 aromatic heterocycles. The molecule has 0 aliphatic rings. The van der Waals surface area contributed by atoms with Gasteiger partial charge in [-0.15, -0.1) is 0 Å². The van der Waals surface area contributed by atoms with Gasteiger partial charge in [-0.2, -0.15) is 0 Å². The quantitative estimate of drug-likeness (QED) is 0.580. The maximum atomic E-state index is 11.6. The Kier molecular flexibility index (Phi) is 5.98. The lowest BCUT2D eigenvalue weighted by Gasteiger charge is -2.06. The molecule has 0 saturated heterocycles. The minimum absolute atomic E-state index is 0.00273. The third-order valence-corrected chi connectivity index (χ3v) is 2.03. The lowest BCUT2D eigenvalue weighted by Crippen LogP contribution is -2.25. The van der Waals surface area contributed by atoms with E-state index in [-0.39, 0.29) is 23.8 Å². The number of nitrogens with zero attached hydrogens (tertiary/aromatic N) is 1. The van der Waals surface area contributed by atoms with Crippen molar-refractivity contribution in [2.24, 2.45) is 0 Å². The van der Waals surface area contributed by atoms with Gasteiger partial charge in [-0.3, -0.25) is 9.78 Å². The van der Waals surface area contributed by atoms with Crippen LogP contribution in [0.2, 0.25) is 0 Å². The van der Waals surface area contributed by atoms with Gasteiger partial charge in [0.25, 0.3) is 5.91 Å². The van der Waals surface area contributed by atoms with E-state index in [1.165, 1.54) is 18.5 Å². The molecular formula is C11H16N2O4. The number of carbonyl (C=O) groups is 1. The molecule has 0 aromatic carbocycles. The molecule has 1 rings (SSSR count). The zero-order valence-corrected chi connectivity index (χ0v) is 9.43. The fourth-order valence-electron chi connectivity index (χ4n) is 1.22. The summed E-state index contributed by atoms with van der Waals surface area (Å²) in [6.07, 6.45) is 3.32. The largest absolute Gasteiger partial charge is 0.505 e. The minimum Gasteiger partial charge on any atom is -0.505 e. The molecule has 1 amide bonds. The number of amides is 1. The number of aromatic hydroxyl groups is 1. The highest BCUT2D eigenvalue weighted by atomic mass is 16.5. The van der Waals surface area contributed by atoms with Gasteiger partial charge in [0, 0.05) is 19.3 Å². The molecule has 1 aromatic rings. The summed E-state index contributed by atoms with van der Waals surface area (Å²) < 4.78 is 5.03. The predicted molar refractivity (Wildman–Crippen MR) is 60.8 cm³/mol. The highest BCUT2D eigenvalue weighted by Crippen LogP contribution is 2.12. The Balaban J connectivity index is 2.24. The molecule has 0 fully saturated rings. The lowest BCUT2D eigenvalue weighted by atomic mass is 10.2. The van der Waals surface area contributed by atoms with Crippen LogP contribution in [0.25, 0.3) is 0 Å². The van der Waals surface area contributed by atoms with Crippen LogP contribution in [0.3, 0.4) is 0 Å². The average molecular weight is 240 g/mol. The standard InChI is InChI=1S/C11H16N2O4/c14-5-7-17-6-1-3-13-11(16)9-2-4-12-8-10(9)15/h2,4,8,14-15H,1,3,5-7H2,(H,13,16). The Labute approximate surface area is 99.3 Å². The van der Waals surface area contributed by atoms with Gasteiger partial charge in [0.15, 0.2) is 0 Å². The predicted octanol–water partition coefficient (Wildman–Crippen LogP) is -0.0840. The molecule has 0 atom stereocenters. The molecule has 1 heterocycles. The highest BCUT2D eigenvalue weighted by molar-refractivity contribution is 5.96. The number of carbonyl (C=O) groups excluding carboxylic acids is 1. The number of hydrogen-bond donors (Lipinski definition) is 3. The lowest BCUT2D eigenvalue weighted by molar-refractivity contribution is 0.0866. The van der Waals surface area contributed by atoms with Crippen molar-refractivity contribution in [2.45, 2.75) is 6.42 Å². The van der Waals surface area contributed by atoms with Gasteiger partial charge in [-0.1, -0.05) is 0 Å². The van der Waals surface area contributed by atoms with E-state index in [1.54, 1.807) is 0 Å². The van der Waals surface area contributed by atoms with E-state index in [0.29, 0.717) is 26.2 Å². The topological polar surface area (TPSA) is 91.7 Å². The van der Waals surface area contributed by atoms with E-state index in [1.807, 2.05) is 0 Å². The second kappa shape index (κ2) is 7.59. The van der Waals surface area contributed by atoms with E-state index in [9.17, 15) is 9.90 Å². The van der Waals surface area contributed by atoms with Crippen molar-refractivity contribution in [3.63, 3.8) is 0 Å². The smallest absolute Gasteiger partial charge is 0.255 e. The molecule has 0 bridgehead atoms. The van der Waals surface area contributed by atoms with Crippen LogP contribution in [0, 0.1) is 0 Å². The summed E-state index contributed by atoms with van der Waals surface area (Å²) in [5, 5.41) is 20.5. The molecule has 0 aliphatic heterocycles. The Morgan fingerprint density at radius 1 is 1.47 bits per heavy atom. The molecule has 94 valence electrons. The van der Waals surface area contributed by atoms with Crippen LogP contribution in [0.4, 0.5) is 0 Å². The molecule has 17 heavy (non-hydrogen) atoms. The van der Waals surface area contributed by atoms with Crippen molar-refractivity contribution in [3.8, 4) is 5.75 Å². The number of rotatable bonds is 7. The van der Waals surface area contributed by atoms with Gasteiger partial charge in [-0.25, -0.2) is 0 Å². The summed E-state index contributed by atoms with van der Waals surface area (Å²) in [7, 11) is 0. The van der Waals surface area contributed by atoms with Crippen molar-refractivity contribution >= 4 is 5.91 Å². The SMILES string of the molecule is O=C(NCCCOCCO)c1ccncc1O. The van der Waals surface area contributed by atoms with Crippen LogP contribution in [-0.4, -0.2) is 47.5 Å². The van der Waals surface area contributed by atoms with Gasteiger partial charge in [0.1, 0.15) is 5.75 Å². The number of nitrogens with one attached hydrogen (secondary N) is 1. The number of hydrogen-bond acceptors (Lipinski definition) is 5. The van der Waals surface area contributed by atoms with E-state index in [4.69, 9.17) is 9.84 Å². The van der Waals surface area contributed by atoms with Gasteiger partial charge >= 0.3 is 0 Å². The summed E-state index contributed by atoms with van der Waals surface area (Å²) in [5.74, 6) is -0.478. The van der Waals surface area contributed by atoms with Gasteiger partial charge in [0.05, 0.1) is 25.0 Å².